The van der Waals surface area contributed by atoms with Crippen molar-refractivity contribution in [2.45, 2.75) is 19.3 Å². The zero-order valence-electron chi connectivity index (χ0n) is 14.9. The quantitative estimate of drug-likeness (QED) is 0.812. The lowest BCUT2D eigenvalue weighted by molar-refractivity contribution is 0.239. The van der Waals surface area contributed by atoms with Gasteiger partial charge in [-0.25, -0.2) is 0 Å². The molecule has 2 aromatic rings. The summed E-state index contributed by atoms with van der Waals surface area (Å²) in [5.41, 5.74) is 3.93. The highest BCUT2D eigenvalue weighted by Gasteiger charge is 2.38. The third-order valence-corrected chi connectivity index (χ3v) is 5.55. The molecule has 1 aliphatic heterocycles. The Bertz CT molecular complexity index is 707. The molecule has 2 bridgehead atoms. The van der Waals surface area contributed by atoms with Crippen LogP contribution in [0.5, 0.6) is 5.75 Å². The smallest absolute Gasteiger partial charge is 0.119 e. The number of methoxy groups -OCH3 is 1. The van der Waals surface area contributed by atoms with Crippen molar-refractivity contribution in [3.8, 4) is 5.75 Å². The summed E-state index contributed by atoms with van der Waals surface area (Å²) in [6, 6.07) is 18.9. The molecule has 3 nitrogen and oxygen atoms in total. The van der Waals surface area contributed by atoms with Gasteiger partial charge in [-0.1, -0.05) is 30.3 Å². The normalized spacial score (nSPS) is 24.6. The number of fused-ring (bicyclic) bond motifs is 2. The molecule has 0 N–H and O–H groups in total. The van der Waals surface area contributed by atoms with E-state index in [-0.39, 0.29) is 0 Å². The van der Waals surface area contributed by atoms with Gasteiger partial charge in [0, 0.05) is 37.2 Å². The van der Waals surface area contributed by atoms with Gasteiger partial charge in [0.25, 0.3) is 0 Å². The van der Waals surface area contributed by atoms with Gasteiger partial charge in [-0.3, -0.25) is 4.99 Å². The van der Waals surface area contributed by atoms with Crippen molar-refractivity contribution in [3.63, 3.8) is 0 Å². The van der Waals surface area contributed by atoms with E-state index >= 15 is 0 Å². The first kappa shape index (κ1) is 16.3. The topological polar surface area (TPSA) is 24.8 Å². The number of piperidine rings is 1. The van der Waals surface area contributed by atoms with E-state index < -0.39 is 0 Å². The Morgan fingerprint density at radius 2 is 1.64 bits per heavy atom. The Morgan fingerprint density at radius 1 is 0.960 bits per heavy atom. The Balaban J connectivity index is 1.40. The monoisotopic (exact) mass is 334 g/mol. The molecule has 2 aromatic carbocycles. The van der Waals surface area contributed by atoms with Crippen LogP contribution >= 0.6 is 0 Å². The maximum Gasteiger partial charge on any atom is 0.119 e. The number of hydrogen-bond acceptors (Lipinski definition) is 3. The Kier molecular flexibility index (Phi) is 4.84. The van der Waals surface area contributed by atoms with Crippen molar-refractivity contribution < 1.29 is 4.74 Å². The highest BCUT2D eigenvalue weighted by molar-refractivity contribution is 5.93. The van der Waals surface area contributed by atoms with Gasteiger partial charge in [0.15, 0.2) is 0 Å². The van der Waals surface area contributed by atoms with Crippen LogP contribution in [-0.2, 0) is 6.42 Å². The fourth-order valence-corrected chi connectivity index (χ4v) is 4.20. The van der Waals surface area contributed by atoms with E-state index in [9.17, 15) is 0 Å². The van der Waals surface area contributed by atoms with Crippen molar-refractivity contribution in [2.24, 2.45) is 16.8 Å². The molecule has 1 saturated heterocycles. The molecule has 0 aromatic heterocycles. The highest BCUT2D eigenvalue weighted by Crippen LogP contribution is 2.36. The fraction of sp³-hybridized carbons (Fsp3) is 0.409. The number of aliphatic imine (C=N–C) groups is 1. The number of nitrogens with zero attached hydrogens (tertiary/aromatic N) is 2. The molecule has 4 rings (SSSR count). The maximum absolute atomic E-state index is 5.24. The summed E-state index contributed by atoms with van der Waals surface area (Å²) in [6.07, 6.45) is 3.73. The van der Waals surface area contributed by atoms with Crippen molar-refractivity contribution in [1.29, 1.82) is 0 Å². The van der Waals surface area contributed by atoms with E-state index in [2.05, 4.69) is 47.4 Å². The number of rotatable bonds is 5. The lowest BCUT2D eigenvalue weighted by Crippen LogP contribution is -2.43. The minimum atomic E-state index is 0.636. The van der Waals surface area contributed by atoms with Crippen LogP contribution in [0.25, 0.3) is 0 Å². The third-order valence-electron chi connectivity index (χ3n) is 5.55. The summed E-state index contributed by atoms with van der Waals surface area (Å²) < 4.78 is 5.24. The van der Waals surface area contributed by atoms with Crippen LogP contribution in [0, 0.1) is 11.8 Å². The molecule has 3 heteroatoms. The molecule has 1 heterocycles. The van der Waals surface area contributed by atoms with E-state index in [0.29, 0.717) is 11.8 Å². The van der Waals surface area contributed by atoms with Crippen LogP contribution in [-0.4, -0.2) is 37.4 Å². The highest BCUT2D eigenvalue weighted by atomic mass is 16.5. The van der Waals surface area contributed by atoms with Crippen LogP contribution in [0.4, 0.5) is 5.69 Å². The molecule has 2 atom stereocenters. The molecule has 130 valence electrons. The Hall–Kier alpha value is -2.13. The summed E-state index contributed by atoms with van der Waals surface area (Å²) in [4.78, 5) is 7.65. The van der Waals surface area contributed by atoms with Crippen molar-refractivity contribution in [3.05, 3.63) is 60.2 Å². The average molecular weight is 334 g/mol. The van der Waals surface area contributed by atoms with Gasteiger partial charge >= 0.3 is 0 Å². The molecule has 2 aliphatic rings. The minimum Gasteiger partial charge on any atom is -0.497 e. The number of benzene rings is 2. The second-order valence-electron chi connectivity index (χ2n) is 7.20. The number of likely N-dealkylation sites (tertiary alicyclic amines) is 1. The zero-order valence-corrected chi connectivity index (χ0v) is 14.9. The molecule has 1 aliphatic carbocycles. The summed E-state index contributed by atoms with van der Waals surface area (Å²) in [5.74, 6) is 2.16. The van der Waals surface area contributed by atoms with Gasteiger partial charge in [0.1, 0.15) is 5.75 Å². The molecular formula is C22H26N2O. The van der Waals surface area contributed by atoms with E-state index in [1.54, 1.807) is 7.11 Å². The molecule has 25 heavy (non-hydrogen) atoms. The SMILES string of the molecule is COc1ccc(N=C2[C@@H]3CC[C@H]2CN(CCc2ccccc2)C3)cc1. The van der Waals surface area contributed by atoms with E-state index in [1.165, 1.54) is 37.2 Å². The number of hydrogen-bond donors (Lipinski definition) is 0. The first-order valence-corrected chi connectivity index (χ1v) is 9.30. The Morgan fingerprint density at radius 3 is 2.28 bits per heavy atom. The van der Waals surface area contributed by atoms with E-state index in [4.69, 9.17) is 9.73 Å². The zero-order chi connectivity index (χ0) is 17.1. The minimum absolute atomic E-state index is 0.636. The van der Waals surface area contributed by atoms with Gasteiger partial charge in [-0.2, -0.15) is 0 Å². The number of ether oxygens (including phenoxy) is 1. The van der Waals surface area contributed by atoms with Crippen LogP contribution in [0.1, 0.15) is 18.4 Å². The molecule has 2 fully saturated rings. The van der Waals surface area contributed by atoms with Crippen LogP contribution in [0.15, 0.2) is 59.6 Å². The lowest BCUT2D eigenvalue weighted by Gasteiger charge is -2.33. The van der Waals surface area contributed by atoms with Crippen molar-refractivity contribution in [2.75, 3.05) is 26.7 Å². The summed E-state index contributed by atoms with van der Waals surface area (Å²) in [7, 11) is 1.70. The van der Waals surface area contributed by atoms with Crippen molar-refractivity contribution >= 4 is 11.4 Å². The molecule has 1 saturated carbocycles. The van der Waals surface area contributed by atoms with Crippen LogP contribution < -0.4 is 4.74 Å². The summed E-state index contributed by atoms with van der Waals surface area (Å²) >= 11 is 0. The predicted molar refractivity (Wildman–Crippen MR) is 103 cm³/mol. The molecule has 0 amide bonds. The Labute approximate surface area is 150 Å². The molecular weight excluding hydrogens is 308 g/mol. The largest absolute Gasteiger partial charge is 0.497 e. The molecule has 0 unspecified atom stereocenters. The van der Waals surface area contributed by atoms with Crippen LogP contribution in [0.3, 0.4) is 0 Å². The standard InChI is InChI=1S/C22H26N2O/c1-25-21-11-9-20(10-12-21)23-22-18-7-8-19(22)16-24(15-18)14-13-17-5-3-2-4-6-17/h2-6,9-12,18-19H,7-8,13-16H2,1H3/t18-,19+. The van der Waals surface area contributed by atoms with Crippen molar-refractivity contribution in [1.82, 2.24) is 4.90 Å². The van der Waals surface area contributed by atoms with Gasteiger partial charge < -0.3 is 9.64 Å². The predicted octanol–water partition coefficient (Wildman–Crippen LogP) is 4.35. The van der Waals surface area contributed by atoms with Gasteiger partial charge in [-0.15, -0.1) is 0 Å². The van der Waals surface area contributed by atoms with Crippen LogP contribution in [0.2, 0.25) is 0 Å². The average Bonchev–Trinajstić information content (AvgIpc) is 2.90. The van der Waals surface area contributed by atoms with E-state index in [1.807, 2.05) is 12.1 Å². The first-order valence-electron chi connectivity index (χ1n) is 9.30. The molecule has 0 radical (unpaired) electrons. The maximum atomic E-state index is 5.24. The van der Waals surface area contributed by atoms with Gasteiger partial charge in [-0.05, 0) is 49.1 Å². The van der Waals surface area contributed by atoms with E-state index in [0.717, 1.165) is 24.4 Å². The second-order valence-corrected chi connectivity index (χ2v) is 7.20. The van der Waals surface area contributed by atoms with Gasteiger partial charge in [0.2, 0.25) is 0 Å². The lowest BCUT2D eigenvalue weighted by atomic mass is 9.95. The molecule has 0 spiro atoms. The third kappa shape index (κ3) is 3.77. The first-order chi connectivity index (χ1) is 12.3. The summed E-state index contributed by atoms with van der Waals surface area (Å²) in [5, 5.41) is 0. The van der Waals surface area contributed by atoms with Gasteiger partial charge in [0.05, 0.1) is 12.8 Å². The fourth-order valence-electron chi connectivity index (χ4n) is 4.20. The second kappa shape index (κ2) is 7.40. The summed E-state index contributed by atoms with van der Waals surface area (Å²) in [6.45, 7) is 3.49.